The summed E-state index contributed by atoms with van der Waals surface area (Å²) in [6.07, 6.45) is -2.58. The Morgan fingerprint density at radius 2 is 2.07 bits per heavy atom. The maximum atomic E-state index is 12.3. The molecule has 1 N–H and O–H groups in total. The van der Waals surface area contributed by atoms with Crippen molar-refractivity contribution in [1.29, 1.82) is 0 Å². The summed E-state index contributed by atoms with van der Waals surface area (Å²) in [5, 5.41) is 2.90. The summed E-state index contributed by atoms with van der Waals surface area (Å²) in [4.78, 5) is 3.85. The Morgan fingerprint density at radius 3 is 2.53 bits per heavy atom. The van der Waals surface area contributed by atoms with Crippen LogP contribution in [0.4, 0.5) is 14.6 Å². The van der Waals surface area contributed by atoms with Crippen molar-refractivity contribution in [3.05, 3.63) is 22.8 Å². The highest BCUT2D eigenvalue weighted by Crippen LogP contribution is 2.28. The van der Waals surface area contributed by atoms with Crippen LogP contribution in [0.5, 0.6) is 0 Å². The van der Waals surface area contributed by atoms with Gasteiger partial charge < -0.3 is 5.09 Å². The summed E-state index contributed by atoms with van der Waals surface area (Å²) in [5.41, 5.74) is 0.260. The molecule has 0 saturated carbocycles. The Labute approximate surface area is 94.3 Å². The van der Waals surface area contributed by atoms with E-state index in [9.17, 15) is 8.78 Å². The molecular formula is C9H12ClF2N2P. The molecule has 0 bridgehead atoms. The van der Waals surface area contributed by atoms with E-state index in [1.807, 2.05) is 0 Å². The molecule has 2 nitrogen and oxygen atoms in total. The van der Waals surface area contributed by atoms with Gasteiger partial charge in [-0.15, -0.1) is 0 Å². The van der Waals surface area contributed by atoms with Crippen LogP contribution in [0.2, 0.25) is 5.15 Å². The lowest BCUT2D eigenvalue weighted by atomic mass is 10.3. The molecule has 1 atom stereocenters. The van der Waals surface area contributed by atoms with Crippen molar-refractivity contribution < 1.29 is 8.78 Å². The second-order valence-electron chi connectivity index (χ2n) is 3.30. The predicted octanol–water partition coefficient (Wildman–Crippen LogP) is 4.09. The lowest BCUT2D eigenvalue weighted by Gasteiger charge is -2.09. The number of aromatic nitrogens is 1. The molecule has 1 aromatic heterocycles. The number of nitrogens with one attached hydrogen (secondary N) is 1. The lowest BCUT2D eigenvalue weighted by molar-refractivity contribution is 0.151. The second-order valence-corrected chi connectivity index (χ2v) is 5.35. The molecule has 0 radical (unpaired) electrons. The van der Waals surface area contributed by atoms with Crippen LogP contribution in [0.3, 0.4) is 0 Å². The minimum absolute atomic E-state index is 0.136. The fraction of sp³-hybridized carbons (Fsp3) is 0.444. The third-order valence-electron chi connectivity index (χ3n) is 1.60. The summed E-state index contributed by atoms with van der Waals surface area (Å²) < 4.78 is 24.7. The van der Waals surface area contributed by atoms with Crippen molar-refractivity contribution in [2.24, 2.45) is 0 Å². The first-order valence-electron chi connectivity index (χ1n) is 4.47. The molecule has 1 heterocycles. The Kier molecular flexibility index (Phi) is 4.68. The second kappa shape index (κ2) is 5.57. The minimum atomic E-state index is -2.58. The first kappa shape index (κ1) is 12.6. The van der Waals surface area contributed by atoms with Crippen molar-refractivity contribution in [3.8, 4) is 0 Å². The van der Waals surface area contributed by atoms with Crippen LogP contribution in [0.1, 0.15) is 25.8 Å². The quantitative estimate of drug-likeness (QED) is 0.645. The maximum absolute atomic E-state index is 12.3. The van der Waals surface area contributed by atoms with Gasteiger partial charge in [0.05, 0.1) is 5.56 Å². The third kappa shape index (κ3) is 3.88. The van der Waals surface area contributed by atoms with Gasteiger partial charge in [0.1, 0.15) is 11.0 Å². The molecular weight excluding hydrogens is 241 g/mol. The van der Waals surface area contributed by atoms with Crippen LogP contribution >= 0.6 is 20.3 Å². The highest BCUT2D eigenvalue weighted by atomic mass is 35.5. The van der Waals surface area contributed by atoms with Gasteiger partial charge >= 0.3 is 0 Å². The molecule has 0 saturated heterocycles. The Bertz CT molecular complexity index is 334. The average molecular weight is 253 g/mol. The summed E-state index contributed by atoms with van der Waals surface area (Å²) in [6, 6.07) is 2.82. The van der Waals surface area contributed by atoms with Crippen LogP contribution in [-0.4, -0.2) is 10.6 Å². The zero-order valence-corrected chi connectivity index (χ0v) is 10.1. The lowest BCUT2D eigenvalue weighted by Crippen LogP contribution is -1.96. The molecule has 1 unspecified atom stereocenters. The highest BCUT2D eigenvalue weighted by molar-refractivity contribution is 7.40. The molecule has 0 aromatic carbocycles. The number of anilines is 1. The van der Waals surface area contributed by atoms with Crippen molar-refractivity contribution in [1.82, 2.24) is 4.98 Å². The molecule has 15 heavy (non-hydrogen) atoms. The predicted molar refractivity (Wildman–Crippen MR) is 61.3 cm³/mol. The van der Waals surface area contributed by atoms with Gasteiger partial charge in [-0.05, 0) is 26.5 Å². The van der Waals surface area contributed by atoms with E-state index in [0.717, 1.165) is 0 Å². The van der Waals surface area contributed by atoms with Gasteiger partial charge in [0.15, 0.2) is 0 Å². The molecule has 6 heteroatoms. The average Bonchev–Trinajstić information content (AvgIpc) is 2.14. The van der Waals surface area contributed by atoms with Gasteiger partial charge in [-0.2, -0.15) is 0 Å². The zero-order chi connectivity index (χ0) is 11.4. The highest BCUT2D eigenvalue weighted by Gasteiger charge is 2.13. The number of pyridine rings is 1. The SMILES string of the molecule is CC(C)PNc1ccc(C(F)F)c(Cl)n1. The number of hydrogen-bond acceptors (Lipinski definition) is 2. The molecule has 84 valence electrons. The fourth-order valence-electron chi connectivity index (χ4n) is 0.896. The van der Waals surface area contributed by atoms with Gasteiger partial charge in [-0.3, -0.25) is 0 Å². The van der Waals surface area contributed by atoms with Crippen molar-refractivity contribution in [2.45, 2.75) is 25.9 Å². The van der Waals surface area contributed by atoms with E-state index in [1.165, 1.54) is 12.1 Å². The van der Waals surface area contributed by atoms with E-state index >= 15 is 0 Å². The summed E-state index contributed by atoms with van der Waals surface area (Å²) in [7, 11) is 0.495. The van der Waals surface area contributed by atoms with Gasteiger partial charge in [-0.25, -0.2) is 13.8 Å². The van der Waals surface area contributed by atoms with Crippen LogP contribution in [0.15, 0.2) is 12.1 Å². The van der Waals surface area contributed by atoms with Crippen LogP contribution < -0.4 is 5.09 Å². The van der Waals surface area contributed by atoms with Crippen LogP contribution in [0.25, 0.3) is 0 Å². The van der Waals surface area contributed by atoms with Gasteiger partial charge in [0, 0.05) is 0 Å². The topological polar surface area (TPSA) is 24.9 Å². The smallest absolute Gasteiger partial charge is 0.266 e. The van der Waals surface area contributed by atoms with Crippen LogP contribution in [0, 0.1) is 0 Å². The number of halogens is 3. The molecule has 1 rings (SSSR count). The number of hydrogen-bond donors (Lipinski definition) is 1. The monoisotopic (exact) mass is 252 g/mol. The molecule has 0 aliphatic heterocycles. The van der Waals surface area contributed by atoms with E-state index in [4.69, 9.17) is 11.6 Å². The first-order chi connectivity index (χ1) is 7.00. The summed E-state index contributed by atoms with van der Waals surface area (Å²) >= 11 is 5.61. The third-order valence-corrected chi connectivity index (χ3v) is 2.88. The minimum Gasteiger partial charge on any atom is -0.352 e. The van der Waals surface area contributed by atoms with E-state index in [1.54, 1.807) is 0 Å². The molecule has 0 fully saturated rings. The van der Waals surface area contributed by atoms with Crippen LogP contribution in [-0.2, 0) is 0 Å². The van der Waals surface area contributed by atoms with E-state index in [0.29, 0.717) is 20.2 Å². The number of rotatable bonds is 4. The summed E-state index contributed by atoms with van der Waals surface area (Å²) in [5.74, 6) is 0.538. The summed E-state index contributed by atoms with van der Waals surface area (Å²) in [6.45, 7) is 4.11. The normalized spacial score (nSPS) is 11.9. The zero-order valence-electron chi connectivity index (χ0n) is 8.39. The maximum Gasteiger partial charge on any atom is 0.266 e. The van der Waals surface area contributed by atoms with Crippen molar-refractivity contribution in [3.63, 3.8) is 0 Å². The molecule has 0 spiro atoms. The first-order valence-corrected chi connectivity index (χ1v) is 5.92. The van der Waals surface area contributed by atoms with Gasteiger partial charge in [0.2, 0.25) is 0 Å². The Morgan fingerprint density at radius 1 is 1.40 bits per heavy atom. The number of alkyl halides is 2. The fourth-order valence-corrected chi connectivity index (χ4v) is 1.71. The molecule has 0 aliphatic carbocycles. The van der Waals surface area contributed by atoms with E-state index in [-0.39, 0.29) is 10.7 Å². The molecule has 0 amide bonds. The van der Waals surface area contributed by atoms with Gasteiger partial charge in [-0.1, -0.05) is 25.4 Å². The van der Waals surface area contributed by atoms with Gasteiger partial charge in [0.25, 0.3) is 6.43 Å². The largest absolute Gasteiger partial charge is 0.352 e. The standard InChI is InChI=1S/C9H12ClF2N2P/c1-5(2)15-14-7-4-3-6(9(11)12)8(10)13-7/h3-5,9,15H,1-2H3,(H,13,14). The Balaban J connectivity index is 2.73. The van der Waals surface area contributed by atoms with E-state index < -0.39 is 6.43 Å². The Hall–Kier alpha value is -0.470. The van der Waals surface area contributed by atoms with Crippen molar-refractivity contribution >= 4 is 26.2 Å². The molecule has 0 aliphatic rings. The van der Waals surface area contributed by atoms with E-state index in [2.05, 4.69) is 23.9 Å². The number of nitrogens with zero attached hydrogens (tertiary/aromatic N) is 1. The molecule has 1 aromatic rings. The van der Waals surface area contributed by atoms with Crippen molar-refractivity contribution in [2.75, 3.05) is 5.09 Å².